The van der Waals surface area contributed by atoms with Crippen molar-refractivity contribution in [2.24, 2.45) is 0 Å². The van der Waals surface area contributed by atoms with Gasteiger partial charge in [-0.2, -0.15) is 0 Å². The first-order valence-corrected chi connectivity index (χ1v) is 9.38. The number of rotatable bonds is 2. The molecule has 0 N–H and O–H groups in total. The summed E-state index contributed by atoms with van der Waals surface area (Å²) in [5.41, 5.74) is 5.80. The quantitative estimate of drug-likeness (QED) is 0.518. The van der Waals surface area contributed by atoms with E-state index >= 15 is 0 Å². The van der Waals surface area contributed by atoms with Gasteiger partial charge in [0.1, 0.15) is 0 Å². The Bertz CT molecular complexity index is 949. The van der Waals surface area contributed by atoms with Crippen molar-refractivity contribution in [3.63, 3.8) is 0 Å². The third-order valence-electron chi connectivity index (χ3n) is 5.42. The molecule has 1 aromatic heterocycles. The lowest BCUT2D eigenvalue weighted by molar-refractivity contribution is 0.694. The predicted molar refractivity (Wildman–Crippen MR) is 102 cm³/mol. The van der Waals surface area contributed by atoms with E-state index in [4.69, 9.17) is 33.2 Å². The fourth-order valence-electron chi connectivity index (χ4n) is 4.25. The van der Waals surface area contributed by atoms with Crippen molar-refractivity contribution in [2.45, 2.75) is 31.1 Å². The Labute approximate surface area is 156 Å². The molecule has 2 atom stereocenters. The van der Waals surface area contributed by atoms with E-state index < -0.39 is 0 Å². The summed E-state index contributed by atoms with van der Waals surface area (Å²) in [6.45, 7) is 0. The average molecular weight is 367 g/mol. The second kappa shape index (κ2) is 5.82. The molecular weight excluding hydrogens is 351 g/mol. The topological polar surface area (TPSA) is 25.8 Å². The number of benzene rings is 2. The van der Waals surface area contributed by atoms with Crippen LogP contribution in [0.4, 0.5) is 0 Å². The van der Waals surface area contributed by atoms with Crippen molar-refractivity contribution >= 4 is 23.2 Å². The molecule has 2 bridgehead atoms. The molecular formula is C21H16Cl2N2. The Hall–Kier alpha value is -1.90. The zero-order chi connectivity index (χ0) is 17.0. The maximum atomic E-state index is 6.08. The highest BCUT2D eigenvalue weighted by molar-refractivity contribution is 6.30. The second-order valence-electron chi connectivity index (χ2n) is 6.92. The van der Waals surface area contributed by atoms with Gasteiger partial charge in [0.25, 0.3) is 0 Å². The van der Waals surface area contributed by atoms with E-state index in [1.165, 1.54) is 30.5 Å². The summed E-state index contributed by atoms with van der Waals surface area (Å²) in [7, 11) is 0. The van der Waals surface area contributed by atoms with Gasteiger partial charge in [0, 0.05) is 32.7 Å². The number of aromatic nitrogens is 2. The highest BCUT2D eigenvalue weighted by atomic mass is 35.5. The molecule has 0 amide bonds. The van der Waals surface area contributed by atoms with Gasteiger partial charge in [0.2, 0.25) is 0 Å². The Morgan fingerprint density at radius 2 is 1.32 bits per heavy atom. The van der Waals surface area contributed by atoms with Gasteiger partial charge in [-0.25, -0.2) is 9.97 Å². The monoisotopic (exact) mass is 366 g/mol. The highest BCUT2D eigenvalue weighted by Gasteiger charge is 2.40. The van der Waals surface area contributed by atoms with Crippen LogP contribution in [0, 0.1) is 0 Å². The third-order valence-corrected chi connectivity index (χ3v) is 5.93. The number of hydrogen-bond acceptors (Lipinski definition) is 2. The molecule has 5 rings (SSSR count). The third kappa shape index (κ3) is 2.56. The summed E-state index contributed by atoms with van der Waals surface area (Å²) in [6, 6.07) is 15.7. The van der Waals surface area contributed by atoms with Gasteiger partial charge in [-0.3, -0.25) is 0 Å². The first-order chi connectivity index (χ1) is 12.2. The molecule has 2 aliphatic carbocycles. The number of nitrogens with zero attached hydrogens (tertiary/aromatic N) is 2. The van der Waals surface area contributed by atoms with Crippen LogP contribution in [-0.4, -0.2) is 9.97 Å². The normalized spacial score (nSPS) is 20.7. The van der Waals surface area contributed by atoms with Crippen molar-refractivity contribution in [3.8, 4) is 22.6 Å². The molecule has 2 unspecified atom stereocenters. The van der Waals surface area contributed by atoms with Crippen LogP contribution in [0.2, 0.25) is 10.0 Å². The van der Waals surface area contributed by atoms with E-state index in [1.807, 2.05) is 36.4 Å². The van der Waals surface area contributed by atoms with Crippen LogP contribution in [0.3, 0.4) is 0 Å². The van der Waals surface area contributed by atoms with Gasteiger partial charge in [-0.15, -0.1) is 0 Å². The van der Waals surface area contributed by atoms with Crippen LogP contribution < -0.4 is 0 Å². The Morgan fingerprint density at radius 1 is 0.720 bits per heavy atom. The SMILES string of the molecule is Clc1ccc(-c2nc(-c3ccc(Cl)cc3)c3c(n2)C2CCC3C2)cc1. The highest BCUT2D eigenvalue weighted by Crippen LogP contribution is 2.54. The summed E-state index contributed by atoms with van der Waals surface area (Å²) < 4.78 is 0. The lowest BCUT2D eigenvalue weighted by Crippen LogP contribution is -2.07. The minimum absolute atomic E-state index is 0.583. The molecule has 2 aromatic carbocycles. The average Bonchev–Trinajstić information content (AvgIpc) is 3.24. The molecule has 1 saturated carbocycles. The molecule has 0 saturated heterocycles. The molecule has 124 valence electrons. The van der Waals surface area contributed by atoms with Crippen LogP contribution in [-0.2, 0) is 0 Å². The Kier molecular flexibility index (Phi) is 3.58. The van der Waals surface area contributed by atoms with Crippen LogP contribution in [0.1, 0.15) is 42.4 Å². The predicted octanol–water partition coefficient (Wildman–Crippen LogP) is 6.48. The zero-order valence-corrected chi connectivity index (χ0v) is 15.1. The molecule has 25 heavy (non-hydrogen) atoms. The summed E-state index contributed by atoms with van der Waals surface area (Å²) >= 11 is 12.1. The van der Waals surface area contributed by atoms with Crippen molar-refractivity contribution in [1.82, 2.24) is 9.97 Å². The number of fused-ring (bicyclic) bond motifs is 5. The minimum Gasteiger partial charge on any atom is -0.232 e. The first-order valence-electron chi connectivity index (χ1n) is 8.63. The van der Waals surface area contributed by atoms with Gasteiger partial charge < -0.3 is 0 Å². The smallest absolute Gasteiger partial charge is 0.160 e. The Balaban J connectivity index is 1.72. The lowest BCUT2D eigenvalue weighted by Gasteiger charge is -2.19. The van der Waals surface area contributed by atoms with Gasteiger partial charge >= 0.3 is 0 Å². The van der Waals surface area contributed by atoms with Gasteiger partial charge in [0.15, 0.2) is 5.82 Å². The molecule has 3 aromatic rings. The van der Waals surface area contributed by atoms with Crippen LogP contribution >= 0.6 is 23.2 Å². The maximum absolute atomic E-state index is 6.08. The van der Waals surface area contributed by atoms with E-state index in [1.54, 1.807) is 0 Å². The summed E-state index contributed by atoms with van der Waals surface area (Å²) in [5.74, 6) is 1.97. The van der Waals surface area contributed by atoms with Gasteiger partial charge in [-0.05, 0) is 61.6 Å². The summed E-state index contributed by atoms with van der Waals surface area (Å²) in [6.07, 6.45) is 3.71. The molecule has 4 heteroatoms. The van der Waals surface area contributed by atoms with E-state index in [0.717, 1.165) is 32.7 Å². The molecule has 2 nitrogen and oxygen atoms in total. The fraction of sp³-hybridized carbons (Fsp3) is 0.238. The largest absolute Gasteiger partial charge is 0.232 e. The van der Waals surface area contributed by atoms with Crippen molar-refractivity contribution in [3.05, 3.63) is 69.8 Å². The zero-order valence-electron chi connectivity index (χ0n) is 13.5. The summed E-state index contributed by atoms with van der Waals surface area (Å²) in [5, 5.41) is 1.47. The van der Waals surface area contributed by atoms with Gasteiger partial charge in [-0.1, -0.05) is 35.3 Å². The molecule has 1 fully saturated rings. The van der Waals surface area contributed by atoms with Crippen molar-refractivity contribution in [1.29, 1.82) is 0 Å². The van der Waals surface area contributed by atoms with Crippen LogP contribution in [0.25, 0.3) is 22.6 Å². The lowest BCUT2D eigenvalue weighted by atomic mass is 9.91. The van der Waals surface area contributed by atoms with E-state index in [2.05, 4.69) is 12.1 Å². The standard InChI is InChI=1S/C21H16Cl2N2/c22-16-7-3-12(4-8-16)19-18-14-1-2-15(11-14)20(18)25-21(24-19)13-5-9-17(23)10-6-13/h3-10,14-15H,1-2,11H2. The van der Waals surface area contributed by atoms with Crippen LogP contribution in [0.5, 0.6) is 0 Å². The molecule has 0 radical (unpaired) electrons. The minimum atomic E-state index is 0.583. The van der Waals surface area contributed by atoms with E-state index in [9.17, 15) is 0 Å². The van der Waals surface area contributed by atoms with E-state index in [0.29, 0.717) is 11.8 Å². The maximum Gasteiger partial charge on any atom is 0.160 e. The number of halogens is 2. The van der Waals surface area contributed by atoms with Crippen molar-refractivity contribution < 1.29 is 0 Å². The summed E-state index contributed by atoms with van der Waals surface area (Å²) in [4.78, 5) is 9.92. The second-order valence-corrected chi connectivity index (χ2v) is 7.79. The molecule has 0 aliphatic heterocycles. The molecule has 1 heterocycles. The molecule has 2 aliphatic rings. The first kappa shape index (κ1) is 15.4. The Morgan fingerprint density at radius 3 is 2.00 bits per heavy atom. The van der Waals surface area contributed by atoms with E-state index in [-0.39, 0.29) is 0 Å². The fourth-order valence-corrected chi connectivity index (χ4v) is 4.50. The molecule has 0 spiro atoms. The van der Waals surface area contributed by atoms with Crippen molar-refractivity contribution in [2.75, 3.05) is 0 Å². The van der Waals surface area contributed by atoms with Gasteiger partial charge in [0.05, 0.1) is 11.4 Å². The number of hydrogen-bond donors (Lipinski definition) is 0. The van der Waals surface area contributed by atoms with Crippen LogP contribution in [0.15, 0.2) is 48.5 Å².